The molecule has 1 aliphatic heterocycles. The number of nitrogens with zero attached hydrogens (tertiary/aromatic N) is 1. The summed E-state index contributed by atoms with van der Waals surface area (Å²) in [5.74, 6) is 4.10. The summed E-state index contributed by atoms with van der Waals surface area (Å²) in [4.78, 5) is 4.57. The lowest BCUT2D eigenvalue weighted by molar-refractivity contribution is 0.0778. The molecule has 1 heterocycles. The molecule has 0 saturated carbocycles. The highest BCUT2D eigenvalue weighted by Gasteiger charge is 2.31. The van der Waals surface area contributed by atoms with E-state index in [0.717, 1.165) is 54.9 Å². The normalized spacial score (nSPS) is 19.1. The van der Waals surface area contributed by atoms with Crippen LogP contribution in [0.4, 0.5) is 0 Å². The van der Waals surface area contributed by atoms with Crippen molar-refractivity contribution in [2.75, 3.05) is 44.4 Å². The molecule has 0 radical (unpaired) electrons. The molecule has 2 rings (SSSR count). The lowest BCUT2D eigenvalue weighted by atomic mass is 10.1. The van der Waals surface area contributed by atoms with E-state index in [9.17, 15) is 5.11 Å². The van der Waals surface area contributed by atoms with E-state index in [2.05, 4.69) is 21.7 Å². The van der Waals surface area contributed by atoms with Crippen molar-refractivity contribution >= 4 is 41.7 Å². The molecule has 1 aromatic carbocycles. The number of thioether (sulfide) groups is 1. The van der Waals surface area contributed by atoms with Gasteiger partial charge in [-0.3, -0.25) is 4.99 Å². The number of hydrogen-bond acceptors (Lipinski definition) is 5. The minimum absolute atomic E-state index is 0. The van der Waals surface area contributed by atoms with E-state index in [1.54, 1.807) is 11.8 Å². The molecule has 6 nitrogen and oxygen atoms in total. The van der Waals surface area contributed by atoms with Gasteiger partial charge >= 0.3 is 0 Å². The number of halogens is 1. The number of hydrogen-bond donors (Lipinski definition) is 3. The lowest BCUT2D eigenvalue weighted by Crippen LogP contribution is -2.40. The van der Waals surface area contributed by atoms with Gasteiger partial charge in [0.1, 0.15) is 0 Å². The smallest absolute Gasteiger partial charge is 0.191 e. The quantitative estimate of drug-likeness (QED) is 0.249. The van der Waals surface area contributed by atoms with Crippen LogP contribution in [-0.4, -0.2) is 61.0 Å². The van der Waals surface area contributed by atoms with Gasteiger partial charge in [0.05, 0.1) is 25.4 Å². The first kappa shape index (κ1) is 25.2. The number of guanidine groups is 1. The van der Waals surface area contributed by atoms with E-state index in [-0.39, 0.29) is 24.0 Å². The minimum Gasteiger partial charge on any atom is -0.490 e. The highest BCUT2D eigenvalue weighted by Crippen LogP contribution is 2.29. The molecule has 0 amide bonds. The van der Waals surface area contributed by atoms with Crippen molar-refractivity contribution in [3.05, 3.63) is 23.8 Å². The molecule has 1 aliphatic rings. The molecule has 8 heteroatoms. The fraction of sp³-hybridized carbons (Fsp3) is 0.650. The first-order valence-corrected chi connectivity index (χ1v) is 11.0. The van der Waals surface area contributed by atoms with Crippen LogP contribution in [-0.2, 0) is 6.42 Å². The number of rotatable bonds is 10. The van der Waals surface area contributed by atoms with E-state index in [1.807, 2.05) is 32.9 Å². The molecule has 0 aliphatic carbocycles. The van der Waals surface area contributed by atoms with Crippen LogP contribution in [0, 0.1) is 0 Å². The maximum absolute atomic E-state index is 10.5. The Balaban J connectivity index is 0.00000392. The standard InChI is InChI=1S/C20H33N3O3S.HI/c1-4-21-19(23-14-20(24)10-12-27-15-20)22-11-9-16-7-8-17(25-5-2)18(13-16)26-6-3;/h7-8,13,24H,4-6,9-12,14-15H2,1-3H3,(H2,21,22,23);1H. The summed E-state index contributed by atoms with van der Waals surface area (Å²) in [6, 6.07) is 6.08. The summed E-state index contributed by atoms with van der Waals surface area (Å²) in [7, 11) is 0. The first-order valence-electron chi connectivity index (χ1n) is 9.81. The number of aliphatic hydroxyl groups is 1. The summed E-state index contributed by atoms with van der Waals surface area (Å²) < 4.78 is 11.3. The largest absolute Gasteiger partial charge is 0.490 e. The van der Waals surface area contributed by atoms with Crippen molar-refractivity contribution < 1.29 is 14.6 Å². The Morgan fingerprint density at radius 3 is 2.57 bits per heavy atom. The van der Waals surface area contributed by atoms with Crippen LogP contribution in [0.15, 0.2) is 23.2 Å². The Kier molecular flexibility index (Phi) is 12.0. The van der Waals surface area contributed by atoms with Crippen molar-refractivity contribution in [2.24, 2.45) is 4.99 Å². The Morgan fingerprint density at radius 1 is 1.18 bits per heavy atom. The second kappa shape index (κ2) is 13.4. The minimum atomic E-state index is -0.658. The maximum Gasteiger partial charge on any atom is 0.191 e. The first-order chi connectivity index (χ1) is 13.1. The number of aliphatic imine (C=N–C) groups is 1. The van der Waals surface area contributed by atoms with Gasteiger partial charge in [-0.2, -0.15) is 11.8 Å². The third-order valence-electron chi connectivity index (χ3n) is 4.27. The molecule has 3 N–H and O–H groups in total. The maximum atomic E-state index is 10.5. The SMILES string of the molecule is CCNC(=NCC1(O)CCSC1)NCCc1ccc(OCC)c(OCC)c1.I. The summed E-state index contributed by atoms with van der Waals surface area (Å²) in [6.07, 6.45) is 1.66. The van der Waals surface area contributed by atoms with Crippen LogP contribution in [0.3, 0.4) is 0 Å². The molecular formula is C20H34IN3O3S. The fourth-order valence-electron chi connectivity index (χ4n) is 2.87. The van der Waals surface area contributed by atoms with Crippen LogP contribution in [0.2, 0.25) is 0 Å². The predicted molar refractivity (Wildman–Crippen MR) is 129 cm³/mol. The van der Waals surface area contributed by atoms with Crippen molar-refractivity contribution in [3.63, 3.8) is 0 Å². The predicted octanol–water partition coefficient (Wildman–Crippen LogP) is 3.07. The van der Waals surface area contributed by atoms with Gasteiger partial charge in [-0.05, 0) is 57.1 Å². The second-order valence-electron chi connectivity index (χ2n) is 6.55. The average Bonchev–Trinajstić information content (AvgIpc) is 3.09. The van der Waals surface area contributed by atoms with E-state index in [0.29, 0.717) is 19.8 Å². The summed E-state index contributed by atoms with van der Waals surface area (Å²) in [6.45, 7) is 9.19. The van der Waals surface area contributed by atoms with Crippen LogP contribution in [0.5, 0.6) is 11.5 Å². The molecule has 1 aromatic rings. The van der Waals surface area contributed by atoms with Gasteiger partial charge < -0.3 is 25.2 Å². The van der Waals surface area contributed by atoms with Gasteiger partial charge in [-0.1, -0.05) is 6.07 Å². The lowest BCUT2D eigenvalue weighted by Gasteiger charge is -2.20. The van der Waals surface area contributed by atoms with E-state index in [4.69, 9.17) is 9.47 Å². The zero-order valence-corrected chi connectivity index (χ0v) is 20.3. The van der Waals surface area contributed by atoms with Gasteiger partial charge in [0.2, 0.25) is 0 Å². The van der Waals surface area contributed by atoms with Crippen LogP contribution >= 0.6 is 35.7 Å². The van der Waals surface area contributed by atoms with Crippen LogP contribution in [0.25, 0.3) is 0 Å². The Labute approximate surface area is 190 Å². The Hall–Kier alpha value is -0.870. The molecule has 0 aromatic heterocycles. The second-order valence-corrected chi connectivity index (χ2v) is 7.65. The van der Waals surface area contributed by atoms with Gasteiger partial charge in [-0.25, -0.2) is 0 Å². The van der Waals surface area contributed by atoms with Gasteiger partial charge in [0.25, 0.3) is 0 Å². The van der Waals surface area contributed by atoms with E-state index in [1.165, 1.54) is 5.56 Å². The summed E-state index contributed by atoms with van der Waals surface area (Å²) in [5.41, 5.74) is 0.519. The van der Waals surface area contributed by atoms with Crippen molar-refractivity contribution in [1.82, 2.24) is 10.6 Å². The zero-order valence-electron chi connectivity index (χ0n) is 17.1. The van der Waals surface area contributed by atoms with Crippen molar-refractivity contribution in [1.29, 1.82) is 0 Å². The average molecular weight is 523 g/mol. The topological polar surface area (TPSA) is 75.1 Å². The third-order valence-corrected chi connectivity index (χ3v) is 5.51. The zero-order chi connectivity index (χ0) is 19.5. The molecule has 1 atom stereocenters. The highest BCUT2D eigenvalue weighted by molar-refractivity contribution is 14.0. The number of ether oxygens (including phenoxy) is 2. The van der Waals surface area contributed by atoms with Crippen LogP contribution < -0.4 is 20.1 Å². The van der Waals surface area contributed by atoms with Crippen molar-refractivity contribution in [2.45, 2.75) is 39.2 Å². The number of nitrogens with one attached hydrogen (secondary N) is 2. The summed E-state index contributed by atoms with van der Waals surface area (Å²) in [5, 5.41) is 17.0. The molecule has 160 valence electrons. The van der Waals surface area contributed by atoms with Crippen molar-refractivity contribution in [3.8, 4) is 11.5 Å². The molecule has 0 spiro atoms. The van der Waals surface area contributed by atoms with Gasteiger partial charge in [-0.15, -0.1) is 24.0 Å². The van der Waals surface area contributed by atoms with E-state index >= 15 is 0 Å². The summed E-state index contributed by atoms with van der Waals surface area (Å²) >= 11 is 1.79. The fourth-order valence-corrected chi connectivity index (χ4v) is 4.15. The highest BCUT2D eigenvalue weighted by atomic mass is 127. The molecule has 1 unspecified atom stereocenters. The van der Waals surface area contributed by atoms with Gasteiger partial charge in [0, 0.05) is 18.8 Å². The third kappa shape index (κ3) is 8.24. The van der Waals surface area contributed by atoms with Gasteiger partial charge in [0.15, 0.2) is 17.5 Å². The van der Waals surface area contributed by atoms with E-state index < -0.39 is 5.60 Å². The molecular weight excluding hydrogens is 489 g/mol. The molecule has 0 bridgehead atoms. The number of benzene rings is 1. The Bertz CT molecular complexity index is 610. The molecule has 1 fully saturated rings. The molecule has 1 saturated heterocycles. The Morgan fingerprint density at radius 2 is 1.93 bits per heavy atom. The molecule has 28 heavy (non-hydrogen) atoms. The monoisotopic (exact) mass is 523 g/mol. The van der Waals surface area contributed by atoms with Crippen LogP contribution in [0.1, 0.15) is 32.8 Å².